The molecule has 134 valence electrons. The third-order valence-corrected chi connectivity index (χ3v) is 5.12. The minimum Gasteiger partial charge on any atom is -0.363 e. The summed E-state index contributed by atoms with van der Waals surface area (Å²) < 4.78 is 22.8. The van der Waals surface area contributed by atoms with Crippen LogP contribution in [0.5, 0.6) is 0 Å². The summed E-state index contributed by atoms with van der Waals surface area (Å²) in [5, 5.41) is 16.4. The normalized spacial score (nSPS) is 16.6. The lowest BCUT2D eigenvalue weighted by atomic mass is 10.1. The Morgan fingerprint density at radius 3 is 2.38 bits per heavy atom. The average molecular weight is 356 g/mol. The third-order valence-electron chi connectivity index (χ3n) is 4.21. The number of benzene rings is 1. The second-order valence-corrected chi connectivity index (χ2v) is 8.03. The van der Waals surface area contributed by atoms with E-state index in [1.54, 1.807) is 0 Å². The van der Waals surface area contributed by atoms with Crippen molar-refractivity contribution in [3.05, 3.63) is 28.3 Å². The molecule has 2 rings (SSSR count). The first-order valence-corrected chi connectivity index (χ1v) is 9.51. The Kier molecular flexibility index (Phi) is 5.79. The van der Waals surface area contributed by atoms with Crippen LogP contribution in [0.4, 0.5) is 11.4 Å². The number of nitrogens with two attached hydrogens (primary N) is 1. The lowest BCUT2D eigenvalue weighted by molar-refractivity contribution is -0.384. The van der Waals surface area contributed by atoms with Gasteiger partial charge in [0.05, 0.1) is 9.82 Å². The highest BCUT2D eigenvalue weighted by Gasteiger charge is 2.25. The van der Waals surface area contributed by atoms with Crippen molar-refractivity contribution in [1.82, 2.24) is 4.90 Å². The largest absolute Gasteiger partial charge is 0.363 e. The van der Waals surface area contributed by atoms with Gasteiger partial charge < -0.3 is 4.90 Å². The summed E-state index contributed by atoms with van der Waals surface area (Å²) in [4.78, 5) is 14.8. The SMILES string of the molecule is CC(C)CCN1CCN(c2ccc(S(N)(=O)=O)cc2[N+](=O)[O-])CC1. The molecule has 8 nitrogen and oxygen atoms in total. The van der Waals surface area contributed by atoms with Gasteiger partial charge in [0, 0.05) is 32.2 Å². The maximum Gasteiger partial charge on any atom is 0.293 e. The van der Waals surface area contributed by atoms with Crippen LogP contribution in [0.3, 0.4) is 0 Å². The van der Waals surface area contributed by atoms with Gasteiger partial charge in [0.1, 0.15) is 5.69 Å². The van der Waals surface area contributed by atoms with Gasteiger partial charge in [-0.05, 0) is 31.0 Å². The van der Waals surface area contributed by atoms with E-state index < -0.39 is 14.9 Å². The van der Waals surface area contributed by atoms with Crippen LogP contribution in [0.2, 0.25) is 0 Å². The van der Waals surface area contributed by atoms with Crippen LogP contribution in [0.15, 0.2) is 23.1 Å². The molecule has 1 aromatic rings. The Bertz CT molecular complexity index is 697. The fourth-order valence-electron chi connectivity index (χ4n) is 2.75. The van der Waals surface area contributed by atoms with E-state index in [9.17, 15) is 18.5 Å². The summed E-state index contributed by atoms with van der Waals surface area (Å²) in [6.07, 6.45) is 1.13. The number of hydrogen-bond donors (Lipinski definition) is 1. The van der Waals surface area contributed by atoms with Crippen LogP contribution in [0.25, 0.3) is 0 Å². The number of nitro benzene ring substituents is 1. The molecule has 0 amide bonds. The second-order valence-electron chi connectivity index (χ2n) is 6.46. The zero-order valence-corrected chi connectivity index (χ0v) is 14.8. The van der Waals surface area contributed by atoms with Crippen molar-refractivity contribution in [2.75, 3.05) is 37.6 Å². The van der Waals surface area contributed by atoms with E-state index >= 15 is 0 Å². The molecule has 0 saturated carbocycles. The molecule has 0 bridgehead atoms. The predicted octanol–water partition coefficient (Wildman–Crippen LogP) is 1.41. The number of rotatable bonds is 6. The van der Waals surface area contributed by atoms with Gasteiger partial charge in [0.2, 0.25) is 10.0 Å². The molecule has 1 aromatic carbocycles. The van der Waals surface area contributed by atoms with Gasteiger partial charge in [-0.15, -0.1) is 0 Å². The first-order chi connectivity index (χ1) is 11.2. The van der Waals surface area contributed by atoms with Gasteiger partial charge in [-0.2, -0.15) is 0 Å². The number of piperazine rings is 1. The average Bonchev–Trinajstić information content (AvgIpc) is 2.52. The highest BCUT2D eigenvalue weighted by Crippen LogP contribution is 2.31. The Labute approximate surface area is 142 Å². The van der Waals surface area contributed by atoms with Crippen LogP contribution in [-0.4, -0.2) is 51.0 Å². The van der Waals surface area contributed by atoms with E-state index in [-0.39, 0.29) is 10.6 Å². The van der Waals surface area contributed by atoms with Crippen molar-refractivity contribution >= 4 is 21.4 Å². The Balaban J connectivity index is 2.14. The molecule has 0 radical (unpaired) electrons. The highest BCUT2D eigenvalue weighted by atomic mass is 32.2. The van der Waals surface area contributed by atoms with Gasteiger partial charge >= 0.3 is 0 Å². The van der Waals surface area contributed by atoms with Crippen LogP contribution in [0.1, 0.15) is 20.3 Å². The van der Waals surface area contributed by atoms with E-state index in [1.807, 2.05) is 4.90 Å². The highest BCUT2D eigenvalue weighted by molar-refractivity contribution is 7.89. The molecule has 24 heavy (non-hydrogen) atoms. The van der Waals surface area contributed by atoms with Gasteiger partial charge in [0.25, 0.3) is 5.69 Å². The number of hydrogen-bond acceptors (Lipinski definition) is 6. The van der Waals surface area contributed by atoms with E-state index in [1.165, 1.54) is 12.1 Å². The third kappa shape index (κ3) is 4.65. The number of nitrogens with zero attached hydrogens (tertiary/aromatic N) is 3. The molecule has 0 spiro atoms. The standard InChI is InChI=1S/C15H24N4O4S/c1-12(2)5-6-17-7-9-18(10-8-17)14-4-3-13(24(16,22)23)11-15(14)19(20)21/h3-4,11-12H,5-10H2,1-2H3,(H2,16,22,23). The van der Waals surface area contributed by atoms with Crippen LogP contribution in [-0.2, 0) is 10.0 Å². The zero-order chi connectivity index (χ0) is 17.9. The summed E-state index contributed by atoms with van der Waals surface area (Å²) >= 11 is 0. The molecular formula is C15H24N4O4S. The quantitative estimate of drug-likeness (QED) is 0.609. The van der Waals surface area contributed by atoms with E-state index in [0.29, 0.717) is 24.7 Å². The minimum absolute atomic E-state index is 0.225. The van der Waals surface area contributed by atoms with E-state index in [2.05, 4.69) is 18.7 Å². The molecular weight excluding hydrogens is 332 g/mol. The molecule has 1 aliphatic rings. The van der Waals surface area contributed by atoms with Gasteiger partial charge in [-0.1, -0.05) is 13.8 Å². The minimum atomic E-state index is -3.96. The number of nitro groups is 1. The monoisotopic (exact) mass is 356 g/mol. The lowest BCUT2D eigenvalue weighted by Crippen LogP contribution is -2.47. The topological polar surface area (TPSA) is 110 Å². The van der Waals surface area contributed by atoms with Crippen molar-refractivity contribution in [3.63, 3.8) is 0 Å². The molecule has 9 heteroatoms. The molecule has 1 heterocycles. The van der Waals surface area contributed by atoms with Crippen molar-refractivity contribution < 1.29 is 13.3 Å². The molecule has 0 atom stereocenters. The summed E-state index contributed by atoms with van der Waals surface area (Å²) in [6, 6.07) is 3.83. The molecule has 0 aromatic heterocycles. The fraction of sp³-hybridized carbons (Fsp3) is 0.600. The fourth-order valence-corrected chi connectivity index (χ4v) is 3.28. The summed E-state index contributed by atoms with van der Waals surface area (Å²) in [5.74, 6) is 0.648. The first-order valence-electron chi connectivity index (χ1n) is 7.97. The molecule has 0 unspecified atom stereocenters. The maximum atomic E-state index is 11.4. The van der Waals surface area contributed by atoms with Crippen molar-refractivity contribution in [3.8, 4) is 0 Å². The number of sulfonamides is 1. The predicted molar refractivity (Wildman–Crippen MR) is 92.6 cm³/mol. The second kappa shape index (κ2) is 7.45. The van der Waals surface area contributed by atoms with E-state index in [0.717, 1.165) is 32.1 Å². The number of anilines is 1. The maximum absolute atomic E-state index is 11.4. The summed E-state index contributed by atoms with van der Waals surface area (Å²) in [6.45, 7) is 8.42. The van der Waals surface area contributed by atoms with E-state index in [4.69, 9.17) is 5.14 Å². The lowest BCUT2D eigenvalue weighted by Gasteiger charge is -2.36. The van der Waals surface area contributed by atoms with Crippen molar-refractivity contribution in [2.24, 2.45) is 11.1 Å². The van der Waals surface area contributed by atoms with Crippen LogP contribution >= 0.6 is 0 Å². The van der Waals surface area contributed by atoms with Gasteiger partial charge in [0.15, 0.2) is 0 Å². The smallest absolute Gasteiger partial charge is 0.293 e. The summed E-state index contributed by atoms with van der Waals surface area (Å²) in [5.41, 5.74) is 0.216. The Morgan fingerprint density at radius 1 is 1.25 bits per heavy atom. The molecule has 2 N–H and O–H groups in total. The Hall–Kier alpha value is -1.71. The van der Waals surface area contributed by atoms with Crippen molar-refractivity contribution in [1.29, 1.82) is 0 Å². The zero-order valence-electron chi connectivity index (χ0n) is 14.0. The summed E-state index contributed by atoms with van der Waals surface area (Å²) in [7, 11) is -3.96. The number of primary sulfonamides is 1. The van der Waals surface area contributed by atoms with Crippen LogP contribution in [0, 0.1) is 16.0 Å². The first kappa shape index (κ1) is 18.6. The molecule has 1 aliphatic heterocycles. The molecule has 1 fully saturated rings. The van der Waals surface area contributed by atoms with Gasteiger partial charge in [-0.3, -0.25) is 15.0 Å². The van der Waals surface area contributed by atoms with Crippen molar-refractivity contribution in [2.45, 2.75) is 25.2 Å². The molecule has 0 aliphatic carbocycles. The van der Waals surface area contributed by atoms with Crippen LogP contribution < -0.4 is 10.0 Å². The molecule has 1 saturated heterocycles. The van der Waals surface area contributed by atoms with Gasteiger partial charge in [-0.25, -0.2) is 13.6 Å². The Morgan fingerprint density at radius 2 is 1.88 bits per heavy atom.